The second-order valence-corrected chi connectivity index (χ2v) is 3.02. The van der Waals surface area contributed by atoms with Gasteiger partial charge in [-0.1, -0.05) is 0 Å². The number of aromatic nitrogens is 1. The van der Waals surface area contributed by atoms with Crippen LogP contribution in [0.2, 0.25) is 0 Å². The highest BCUT2D eigenvalue weighted by Gasteiger charge is 2.26. The Hall–Kier alpha value is -1.50. The molecule has 0 saturated carbocycles. The number of pyridine rings is 1. The quantitative estimate of drug-likeness (QED) is 0.469. The van der Waals surface area contributed by atoms with Crippen LogP contribution in [-0.4, -0.2) is 17.0 Å². The molecule has 1 rings (SSSR count). The van der Waals surface area contributed by atoms with E-state index in [9.17, 15) is 18.9 Å². The van der Waals surface area contributed by atoms with Gasteiger partial charge < -0.3 is 14.9 Å². The first-order valence-corrected chi connectivity index (χ1v) is 4.61. The molecule has 0 spiro atoms. The van der Waals surface area contributed by atoms with Crippen LogP contribution in [0.15, 0.2) is 6.07 Å². The molecule has 0 saturated heterocycles. The second-order valence-electron chi connectivity index (χ2n) is 2.75. The van der Waals surface area contributed by atoms with Gasteiger partial charge in [0.1, 0.15) is 0 Å². The minimum Gasteiger partial charge on any atom is -0.489 e. The summed E-state index contributed by atoms with van der Waals surface area (Å²) in [7, 11) is 1.18. The maximum Gasteiger partial charge on any atom is 0.406 e. The Kier molecular flexibility index (Phi) is 3.94. The van der Waals surface area contributed by atoms with E-state index in [1.165, 1.54) is 7.11 Å². The van der Waals surface area contributed by atoms with Gasteiger partial charge in [-0.15, -0.1) is 11.6 Å². The fourth-order valence-electron chi connectivity index (χ4n) is 1.15. The fraction of sp³-hybridized carbons (Fsp3) is 0.375. The van der Waals surface area contributed by atoms with Crippen molar-refractivity contribution in [1.82, 2.24) is 4.98 Å². The van der Waals surface area contributed by atoms with Crippen molar-refractivity contribution in [3.05, 3.63) is 27.4 Å². The molecule has 0 atom stereocenters. The minimum atomic E-state index is -2.90. The van der Waals surface area contributed by atoms with E-state index in [-0.39, 0.29) is 17.2 Å². The molecular formula is C8H7ClF2N2O3. The summed E-state index contributed by atoms with van der Waals surface area (Å²) in [5, 5.41) is 10.6. The van der Waals surface area contributed by atoms with E-state index in [1.807, 2.05) is 0 Å². The molecule has 0 unspecified atom stereocenters. The summed E-state index contributed by atoms with van der Waals surface area (Å²) in [5.74, 6) is -1.12. The van der Waals surface area contributed by atoms with Crippen LogP contribution in [0.1, 0.15) is 17.7 Å². The van der Waals surface area contributed by atoms with Gasteiger partial charge in [-0.3, -0.25) is 0 Å². The SMILES string of the molecule is COc1c(CCl)cc(C(F)F)nc1[N+](=O)[O-]. The molecular weight excluding hydrogens is 246 g/mol. The molecule has 0 fully saturated rings. The maximum absolute atomic E-state index is 12.4. The Morgan fingerprint density at radius 3 is 2.69 bits per heavy atom. The lowest BCUT2D eigenvalue weighted by Crippen LogP contribution is -2.03. The molecule has 1 heterocycles. The van der Waals surface area contributed by atoms with Crippen LogP contribution in [0.25, 0.3) is 0 Å². The summed E-state index contributed by atoms with van der Waals surface area (Å²) < 4.78 is 29.5. The highest BCUT2D eigenvalue weighted by Crippen LogP contribution is 2.33. The van der Waals surface area contributed by atoms with Crippen molar-refractivity contribution < 1.29 is 18.4 Å². The Morgan fingerprint density at radius 2 is 2.31 bits per heavy atom. The Balaban J connectivity index is 3.43. The lowest BCUT2D eigenvalue weighted by molar-refractivity contribution is -0.390. The smallest absolute Gasteiger partial charge is 0.406 e. The maximum atomic E-state index is 12.4. The van der Waals surface area contributed by atoms with Crippen LogP contribution in [0, 0.1) is 10.1 Å². The molecule has 0 radical (unpaired) electrons. The van der Waals surface area contributed by atoms with Gasteiger partial charge in [-0.05, 0) is 16.0 Å². The number of hydrogen-bond donors (Lipinski definition) is 0. The minimum absolute atomic E-state index is 0.112. The van der Waals surface area contributed by atoms with Crippen molar-refractivity contribution in [3.63, 3.8) is 0 Å². The molecule has 0 aliphatic carbocycles. The number of nitro groups is 1. The number of nitrogens with zero attached hydrogens (tertiary/aromatic N) is 2. The van der Waals surface area contributed by atoms with E-state index in [2.05, 4.69) is 4.98 Å². The third-order valence-corrected chi connectivity index (χ3v) is 2.08. The monoisotopic (exact) mass is 252 g/mol. The van der Waals surface area contributed by atoms with Gasteiger partial charge in [0.2, 0.25) is 11.4 Å². The van der Waals surface area contributed by atoms with Crippen LogP contribution in [0.3, 0.4) is 0 Å². The van der Waals surface area contributed by atoms with E-state index >= 15 is 0 Å². The zero-order valence-electron chi connectivity index (χ0n) is 8.11. The number of methoxy groups -OCH3 is 1. The average molecular weight is 253 g/mol. The van der Waals surface area contributed by atoms with Crippen molar-refractivity contribution in [1.29, 1.82) is 0 Å². The van der Waals surface area contributed by atoms with E-state index in [0.29, 0.717) is 0 Å². The molecule has 0 aliphatic rings. The first kappa shape index (κ1) is 12.6. The van der Waals surface area contributed by atoms with E-state index in [1.54, 1.807) is 0 Å². The van der Waals surface area contributed by atoms with Crippen molar-refractivity contribution >= 4 is 17.4 Å². The molecule has 1 aromatic rings. The Bertz CT molecular complexity index is 415. The molecule has 8 heteroatoms. The van der Waals surface area contributed by atoms with Gasteiger partial charge in [0.25, 0.3) is 0 Å². The van der Waals surface area contributed by atoms with Gasteiger partial charge in [0.05, 0.1) is 13.0 Å². The largest absolute Gasteiger partial charge is 0.489 e. The van der Waals surface area contributed by atoms with E-state index in [4.69, 9.17) is 16.3 Å². The third-order valence-electron chi connectivity index (χ3n) is 1.80. The van der Waals surface area contributed by atoms with Crippen molar-refractivity contribution in [2.75, 3.05) is 7.11 Å². The van der Waals surface area contributed by atoms with Crippen LogP contribution in [-0.2, 0) is 5.88 Å². The Labute approximate surface area is 94.1 Å². The van der Waals surface area contributed by atoms with Gasteiger partial charge in [0, 0.05) is 5.56 Å². The molecule has 0 amide bonds. The van der Waals surface area contributed by atoms with Gasteiger partial charge in [-0.25, -0.2) is 8.78 Å². The molecule has 0 aliphatic heterocycles. The Morgan fingerprint density at radius 1 is 1.69 bits per heavy atom. The predicted octanol–water partition coefficient (Wildman–Crippen LogP) is 2.67. The molecule has 16 heavy (non-hydrogen) atoms. The summed E-state index contributed by atoms with van der Waals surface area (Å²) in [6.07, 6.45) is -2.90. The zero-order valence-corrected chi connectivity index (χ0v) is 8.87. The first-order chi connectivity index (χ1) is 7.51. The molecule has 0 bridgehead atoms. The van der Waals surface area contributed by atoms with Crippen LogP contribution in [0.4, 0.5) is 14.6 Å². The number of hydrogen-bond acceptors (Lipinski definition) is 4. The first-order valence-electron chi connectivity index (χ1n) is 4.07. The average Bonchev–Trinajstić information content (AvgIpc) is 2.26. The number of halogens is 3. The molecule has 0 aromatic carbocycles. The second kappa shape index (κ2) is 5.02. The number of ether oxygens (including phenoxy) is 1. The van der Waals surface area contributed by atoms with Gasteiger partial charge >= 0.3 is 12.2 Å². The normalized spacial score (nSPS) is 10.6. The van der Waals surface area contributed by atoms with E-state index < -0.39 is 22.9 Å². The lowest BCUT2D eigenvalue weighted by atomic mass is 10.2. The van der Waals surface area contributed by atoms with Crippen LogP contribution in [0.5, 0.6) is 5.75 Å². The van der Waals surface area contributed by atoms with Crippen LogP contribution >= 0.6 is 11.6 Å². The topological polar surface area (TPSA) is 65.3 Å². The van der Waals surface area contributed by atoms with Crippen molar-refractivity contribution in [3.8, 4) is 5.75 Å². The predicted molar refractivity (Wildman–Crippen MR) is 52.0 cm³/mol. The summed E-state index contributed by atoms with van der Waals surface area (Å²) >= 11 is 5.49. The summed E-state index contributed by atoms with van der Waals surface area (Å²) in [5.41, 5.74) is -0.579. The van der Waals surface area contributed by atoms with Gasteiger partial charge in [0.15, 0.2) is 0 Å². The molecule has 88 valence electrons. The van der Waals surface area contributed by atoms with Crippen molar-refractivity contribution in [2.24, 2.45) is 0 Å². The zero-order chi connectivity index (χ0) is 12.3. The van der Waals surface area contributed by atoms with Crippen LogP contribution < -0.4 is 4.74 Å². The highest BCUT2D eigenvalue weighted by atomic mass is 35.5. The summed E-state index contributed by atoms with van der Waals surface area (Å²) in [6, 6.07) is 0.990. The number of rotatable bonds is 4. The van der Waals surface area contributed by atoms with E-state index in [0.717, 1.165) is 6.07 Å². The molecule has 1 aromatic heterocycles. The lowest BCUT2D eigenvalue weighted by Gasteiger charge is -2.06. The fourth-order valence-corrected chi connectivity index (χ4v) is 1.35. The summed E-state index contributed by atoms with van der Waals surface area (Å²) in [4.78, 5) is 12.9. The van der Waals surface area contributed by atoms with Gasteiger partial charge in [-0.2, -0.15) is 0 Å². The molecule has 5 nitrogen and oxygen atoms in total. The van der Waals surface area contributed by atoms with Crippen molar-refractivity contribution in [2.45, 2.75) is 12.3 Å². The molecule has 0 N–H and O–H groups in total. The third kappa shape index (κ3) is 2.35. The number of alkyl halides is 3. The summed E-state index contributed by atoms with van der Waals surface area (Å²) in [6.45, 7) is 0. The highest BCUT2D eigenvalue weighted by molar-refractivity contribution is 6.17. The standard InChI is InChI=1S/C8H7ClF2N2O3/c1-16-6-4(3-9)2-5(7(10)11)12-8(6)13(14)15/h2,7H,3H2,1H3.